The number of hydrogen-bond acceptors (Lipinski definition) is 7. The molecule has 0 atom stereocenters. The van der Waals surface area contributed by atoms with Gasteiger partial charge in [0.25, 0.3) is 0 Å². The van der Waals surface area contributed by atoms with Gasteiger partial charge in [-0.1, -0.05) is 18.2 Å². The Labute approximate surface area is 211 Å². The normalized spacial score (nSPS) is 14.1. The molecular weight excluding hydrogens is 461 g/mol. The molecule has 1 fully saturated rings. The van der Waals surface area contributed by atoms with E-state index in [1.807, 2.05) is 32.0 Å². The minimum absolute atomic E-state index is 0.0869. The number of piperazine rings is 1. The molecule has 36 heavy (non-hydrogen) atoms. The molecule has 0 amide bonds. The average Bonchev–Trinajstić information content (AvgIpc) is 2.88. The van der Waals surface area contributed by atoms with Gasteiger partial charge in [-0.15, -0.1) is 0 Å². The Morgan fingerprint density at radius 1 is 1.06 bits per heavy atom. The van der Waals surface area contributed by atoms with Crippen molar-refractivity contribution in [2.24, 2.45) is 0 Å². The van der Waals surface area contributed by atoms with Crippen LogP contribution < -0.4 is 14.4 Å². The smallest absolute Gasteiger partial charge is 0.342 e. The van der Waals surface area contributed by atoms with Crippen LogP contribution in [0.3, 0.4) is 0 Å². The fourth-order valence-corrected chi connectivity index (χ4v) is 4.22. The highest BCUT2D eigenvalue weighted by molar-refractivity contribution is 5.94. The van der Waals surface area contributed by atoms with Crippen LogP contribution in [-0.4, -0.2) is 55.2 Å². The van der Waals surface area contributed by atoms with Crippen LogP contribution in [-0.2, 0) is 17.9 Å². The van der Waals surface area contributed by atoms with Crippen molar-refractivity contribution in [3.63, 3.8) is 0 Å². The molecule has 190 valence electrons. The number of carbonyl (C=O) groups is 1. The maximum Gasteiger partial charge on any atom is 0.342 e. The molecule has 7 nitrogen and oxygen atoms in total. The fraction of sp³-hybridized carbons (Fsp3) is 0.357. The lowest BCUT2D eigenvalue weighted by atomic mass is 10.1. The van der Waals surface area contributed by atoms with Crippen molar-refractivity contribution < 1.29 is 23.4 Å². The molecule has 0 bridgehead atoms. The topological polar surface area (TPSA) is 64.1 Å². The van der Waals surface area contributed by atoms with Gasteiger partial charge < -0.3 is 19.1 Å². The Morgan fingerprint density at radius 2 is 1.83 bits per heavy atom. The Kier molecular flexibility index (Phi) is 8.38. The summed E-state index contributed by atoms with van der Waals surface area (Å²) in [6, 6.07) is 16.1. The minimum atomic E-state index is -0.350. The summed E-state index contributed by atoms with van der Waals surface area (Å²) in [5, 5.41) is 0. The lowest BCUT2D eigenvalue weighted by Crippen LogP contribution is -2.46. The van der Waals surface area contributed by atoms with Crippen LogP contribution in [0, 0.1) is 5.82 Å². The van der Waals surface area contributed by atoms with Gasteiger partial charge in [0.15, 0.2) is 0 Å². The molecule has 2 heterocycles. The number of aromatic nitrogens is 1. The Morgan fingerprint density at radius 3 is 2.58 bits per heavy atom. The predicted molar refractivity (Wildman–Crippen MR) is 136 cm³/mol. The van der Waals surface area contributed by atoms with Crippen LogP contribution in [0.2, 0.25) is 0 Å². The van der Waals surface area contributed by atoms with Gasteiger partial charge in [0, 0.05) is 38.9 Å². The molecule has 0 N–H and O–H groups in total. The summed E-state index contributed by atoms with van der Waals surface area (Å²) in [7, 11) is 1.52. The monoisotopic (exact) mass is 493 g/mol. The zero-order valence-electron chi connectivity index (χ0n) is 20.9. The number of benzene rings is 2. The highest BCUT2D eigenvalue weighted by atomic mass is 19.1. The number of carbonyl (C=O) groups excluding carboxylic acids is 1. The van der Waals surface area contributed by atoms with E-state index in [0.29, 0.717) is 28.4 Å². The number of pyridine rings is 1. The molecular formula is C28H32FN3O4. The molecule has 1 aromatic heterocycles. The summed E-state index contributed by atoms with van der Waals surface area (Å²) in [5.41, 5.74) is 2.00. The summed E-state index contributed by atoms with van der Waals surface area (Å²) in [4.78, 5) is 21.5. The SMILES string of the molecule is COc1cccc(F)c1COc1cccc(CN2CCN(c3ncccc3C(=O)OC(C)C)CC2)c1. The van der Waals surface area contributed by atoms with E-state index in [4.69, 9.17) is 14.2 Å². The Balaban J connectivity index is 1.34. The number of methoxy groups -OCH3 is 1. The van der Waals surface area contributed by atoms with Gasteiger partial charge in [-0.25, -0.2) is 14.2 Å². The third kappa shape index (κ3) is 6.31. The molecule has 2 aromatic carbocycles. The van der Waals surface area contributed by atoms with E-state index in [2.05, 4.69) is 20.9 Å². The van der Waals surface area contributed by atoms with Crippen LogP contribution in [0.4, 0.5) is 10.2 Å². The molecule has 0 aliphatic carbocycles. The lowest BCUT2D eigenvalue weighted by molar-refractivity contribution is 0.0378. The van der Waals surface area contributed by atoms with Crippen molar-refractivity contribution in [2.45, 2.75) is 33.1 Å². The first-order valence-corrected chi connectivity index (χ1v) is 12.1. The zero-order chi connectivity index (χ0) is 25.5. The van der Waals surface area contributed by atoms with Gasteiger partial charge in [0.2, 0.25) is 0 Å². The highest BCUT2D eigenvalue weighted by Crippen LogP contribution is 2.25. The first-order valence-electron chi connectivity index (χ1n) is 12.1. The van der Waals surface area contributed by atoms with E-state index in [0.717, 1.165) is 38.3 Å². The van der Waals surface area contributed by atoms with Crippen LogP contribution in [0.25, 0.3) is 0 Å². The Bertz CT molecular complexity index is 1180. The second-order valence-electron chi connectivity index (χ2n) is 8.95. The van der Waals surface area contributed by atoms with E-state index in [9.17, 15) is 9.18 Å². The largest absolute Gasteiger partial charge is 0.496 e. The third-order valence-electron chi connectivity index (χ3n) is 6.00. The van der Waals surface area contributed by atoms with Gasteiger partial charge in [-0.2, -0.15) is 0 Å². The maximum atomic E-state index is 14.2. The zero-order valence-corrected chi connectivity index (χ0v) is 20.9. The fourth-order valence-electron chi connectivity index (χ4n) is 4.22. The van der Waals surface area contributed by atoms with E-state index < -0.39 is 0 Å². The van der Waals surface area contributed by atoms with Gasteiger partial charge in [0.1, 0.15) is 35.3 Å². The molecule has 4 rings (SSSR count). The molecule has 0 radical (unpaired) electrons. The first kappa shape index (κ1) is 25.4. The van der Waals surface area contributed by atoms with Crippen molar-refractivity contribution in [1.82, 2.24) is 9.88 Å². The maximum absolute atomic E-state index is 14.2. The number of halogens is 1. The standard InChI is InChI=1S/C28H32FN3O4/c1-20(2)36-28(33)23-9-6-12-30-27(23)32-15-13-31(14-16-32)18-21-7-4-8-22(17-21)35-19-24-25(29)10-5-11-26(24)34-3/h4-12,17,20H,13-16,18-19H2,1-3H3. The van der Waals surface area contributed by atoms with Gasteiger partial charge >= 0.3 is 5.97 Å². The third-order valence-corrected chi connectivity index (χ3v) is 6.00. The molecule has 0 unspecified atom stereocenters. The van der Waals surface area contributed by atoms with Crippen LogP contribution in [0.1, 0.15) is 35.3 Å². The Hall–Kier alpha value is -3.65. The van der Waals surface area contributed by atoms with Gasteiger partial charge in [-0.05, 0) is 55.8 Å². The quantitative estimate of drug-likeness (QED) is 0.401. The predicted octanol–water partition coefficient (Wildman–Crippen LogP) is 4.70. The molecule has 8 heteroatoms. The number of hydrogen-bond donors (Lipinski definition) is 0. The van der Waals surface area contributed by atoms with E-state index in [1.54, 1.807) is 30.5 Å². The summed E-state index contributed by atoms with van der Waals surface area (Å²) >= 11 is 0. The minimum Gasteiger partial charge on any atom is -0.496 e. The van der Waals surface area contributed by atoms with Crippen LogP contribution in [0.15, 0.2) is 60.8 Å². The first-order chi connectivity index (χ1) is 17.4. The summed E-state index contributed by atoms with van der Waals surface area (Å²) < 4.78 is 30.7. The highest BCUT2D eigenvalue weighted by Gasteiger charge is 2.24. The summed E-state index contributed by atoms with van der Waals surface area (Å²) in [6.45, 7) is 7.68. The number of anilines is 1. The number of rotatable bonds is 9. The van der Waals surface area contributed by atoms with Gasteiger partial charge in [-0.3, -0.25) is 4.90 Å². The molecule has 1 saturated heterocycles. The average molecular weight is 494 g/mol. The second-order valence-corrected chi connectivity index (χ2v) is 8.95. The molecule has 1 aliphatic heterocycles. The molecule has 3 aromatic rings. The number of ether oxygens (including phenoxy) is 3. The van der Waals surface area contributed by atoms with Crippen LogP contribution in [0.5, 0.6) is 11.5 Å². The summed E-state index contributed by atoms with van der Waals surface area (Å²) in [6.07, 6.45) is 1.52. The molecule has 0 spiro atoms. The van der Waals surface area contributed by atoms with E-state index in [-0.39, 0.29) is 24.5 Å². The van der Waals surface area contributed by atoms with E-state index >= 15 is 0 Å². The molecule has 0 saturated carbocycles. The summed E-state index contributed by atoms with van der Waals surface area (Å²) in [5.74, 6) is 1.12. The second kappa shape index (κ2) is 11.9. The van der Waals surface area contributed by atoms with Crippen molar-refractivity contribution in [3.8, 4) is 11.5 Å². The van der Waals surface area contributed by atoms with Crippen molar-refractivity contribution >= 4 is 11.8 Å². The van der Waals surface area contributed by atoms with E-state index in [1.165, 1.54) is 13.2 Å². The van der Waals surface area contributed by atoms with Crippen molar-refractivity contribution in [3.05, 3.63) is 83.3 Å². The van der Waals surface area contributed by atoms with Crippen molar-refractivity contribution in [2.75, 3.05) is 38.2 Å². The molecule has 1 aliphatic rings. The number of esters is 1. The van der Waals surface area contributed by atoms with Crippen molar-refractivity contribution in [1.29, 1.82) is 0 Å². The van der Waals surface area contributed by atoms with Gasteiger partial charge in [0.05, 0.1) is 18.8 Å². The lowest BCUT2D eigenvalue weighted by Gasteiger charge is -2.36. The van der Waals surface area contributed by atoms with Crippen LogP contribution >= 0.6 is 0 Å². The number of nitrogens with zero attached hydrogens (tertiary/aromatic N) is 3.